The fraction of sp³-hybridized carbons (Fsp3) is 0.500. The molecule has 3 heteroatoms. The summed E-state index contributed by atoms with van der Waals surface area (Å²) in [6.45, 7) is 7.28. The van der Waals surface area contributed by atoms with Gasteiger partial charge in [0.15, 0.2) is 0 Å². The predicted molar refractivity (Wildman–Crippen MR) is 71.5 cm³/mol. The van der Waals surface area contributed by atoms with E-state index >= 15 is 0 Å². The van der Waals surface area contributed by atoms with Gasteiger partial charge in [-0.25, -0.2) is 0 Å². The third-order valence-corrected chi connectivity index (χ3v) is 2.60. The van der Waals surface area contributed by atoms with Gasteiger partial charge in [0.25, 0.3) is 0 Å². The van der Waals surface area contributed by atoms with Gasteiger partial charge in [-0.1, -0.05) is 31.6 Å². The van der Waals surface area contributed by atoms with Crippen LogP contribution < -0.4 is 5.73 Å². The smallest absolute Gasteiger partial charge is 0.227 e. The lowest BCUT2D eigenvalue weighted by Gasteiger charge is -2.22. The van der Waals surface area contributed by atoms with E-state index in [1.54, 1.807) is 32.9 Å². The molecule has 0 unspecified atom stereocenters. The molecule has 1 amide bonds. The van der Waals surface area contributed by atoms with Gasteiger partial charge < -0.3 is 10.8 Å². The summed E-state index contributed by atoms with van der Waals surface area (Å²) in [4.78, 5) is 11.4. The number of primary amides is 1. The van der Waals surface area contributed by atoms with E-state index in [0.717, 1.165) is 18.4 Å². The van der Waals surface area contributed by atoms with Crippen LogP contribution in [0.15, 0.2) is 35.6 Å². The second-order valence-electron chi connectivity index (χ2n) is 4.60. The third-order valence-electron chi connectivity index (χ3n) is 2.60. The Labute approximate surface area is 104 Å². The highest BCUT2D eigenvalue weighted by molar-refractivity contribution is 5.84. The van der Waals surface area contributed by atoms with Crippen molar-refractivity contribution < 1.29 is 9.90 Å². The highest BCUT2D eigenvalue weighted by atomic mass is 16.3. The van der Waals surface area contributed by atoms with Crippen molar-refractivity contribution in [2.75, 3.05) is 0 Å². The Balaban J connectivity index is 5.09. The number of allylic oxidation sites excluding steroid dienone is 5. The van der Waals surface area contributed by atoms with Gasteiger partial charge in [0.05, 0.1) is 11.2 Å². The van der Waals surface area contributed by atoms with Crippen molar-refractivity contribution in [1.29, 1.82) is 0 Å². The molecule has 0 aromatic heterocycles. The molecule has 0 bridgehead atoms. The number of amides is 1. The van der Waals surface area contributed by atoms with Crippen LogP contribution >= 0.6 is 0 Å². The van der Waals surface area contributed by atoms with Crippen LogP contribution in [0.1, 0.15) is 40.5 Å². The Kier molecular flexibility index (Phi) is 6.33. The summed E-state index contributed by atoms with van der Waals surface area (Å²) in [6.07, 6.45) is 9.06. The van der Waals surface area contributed by atoms with Gasteiger partial charge >= 0.3 is 0 Å². The Bertz CT molecular complexity index is 345. The summed E-state index contributed by atoms with van der Waals surface area (Å²) in [6, 6.07) is 0. The number of rotatable bonds is 6. The minimum absolute atomic E-state index is 0.230. The maximum absolute atomic E-state index is 11.4. The van der Waals surface area contributed by atoms with E-state index in [0.29, 0.717) is 0 Å². The molecular formula is C14H23NO2. The third kappa shape index (κ3) is 5.38. The summed E-state index contributed by atoms with van der Waals surface area (Å²) < 4.78 is 0. The lowest BCUT2D eigenvalue weighted by molar-refractivity contribution is -0.124. The maximum Gasteiger partial charge on any atom is 0.227 e. The molecule has 0 spiro atoms. The van der Waals surface area contributed by atoms with Gasteiger partial charge in [0.1, 0.15) is 0 Å². The minimum Gasteiger partial charge on any atom is -0.513 e. The monoisotopic (exact) mass is 237 g/mol. The van der Waals surface area contributed by atoms with Gasteiger partial charge in [0.2, 0.25) is 5.91 Å². The van der Waals surface area contributed by atoms with E-state index in [2.05, 4.69) is 6.92 Å². The summed E-state index contributed by atoms with van der Waals surface area (Å²) in [5.74, 6) is -0.123. The SMILES string of the molecule is CCC/C=C(/C=C\C=C(/C)O)C(C)(C)C(N)=O. The van der Waals surface area contributed by atoms with Gasteiger partial charge in [-0.05, 0) is 38.8 Å². The largest absolute Gasteiger partial charge is 0.513 e. The van der Waals surface area contributed by atoms with Gasteiger partial charge in [-0.2, -0.15) is 0 Å². The number of hydrogen-bond acceptors (Lipinski definition) is 2. The summed E-state index contributed by atoms with van der Waals surface area (Å²) >= 11 is 0. The molecule has 0 aromatic rings. The zero-order valence-electron chi connectivity index (χ0n) is 11.2. The Morgan fingerprint density at radius 1 is 1.41 bits per heavy atom. The minimum atomic E-state index is -0.692. The average molecular weight is 237 g/mol. The molecule has 96 valence electrons. The lowest BCUT2D eigenvalue weighted by atomic mass is 9.82. The zero-order chi connectivity index (χ0) is 13.5. The van der Waals surface area contributed by atoms with Crippen LogP contribution in [0.25, 0.3) is 0 Å². The van der Waals surface area contributed by atoms with Crippen LogP contribution in [0.5, 0.6) is 0 Å². The number of unbranched alkanes of at least 4 members (excludes halogenated alkanes) is 1. The van der Waals surface area contributed by atoms with Gasteiger partial charge in [-0.15, -0.1) is 0 Å². The first-order valence-corrected chi connectivity index (χ1v) is 5.86. The Morgan fingerprint density at radius 3 is 2.41 bits per heavy atom. The van der Waals surface area contributed by atoms with E-state index in [-0.39, 0.29) is 11.7 Å². The lowest BCUT2D eigenvalue weighted by Crippen LogP contribution is -2.32. The van der Waals surface area contributed by atoms with Gasteiger partial charge in [-0.3, -0.25) is 4.79 Å². The molecule has 0 aliphatic carbocycles. The molecule has 0 radical (unpaired) electrons. The molecule has 17 heavy (non-hydrogen) atoms. The maximum atomic E-state index is 11.4. The molecule has 0 rings (SSSR count). The average Bonchev–Trinajstić information content (AvgIpc) is 2.22. The molecule has 0 aliphatic rings. The van der Waals surface area contributed by atoms with E-state index in [1.165, 1.54) is 0 Å². The zero-order valence-corrected chi connectivity index (χ0v) is 11.2. The van der Waals surface area contributed by atoms with Crippen LogP contribution in [0.4, 0.5) is 0 Å². The van der Waals surface area contributed by atoms with Crippen LogP contribution in [0.3, 0.4) is 0 Å². The molecule has 0 heterocycles. The quantitative estimate of drug-likeness (QED) is 0.550. The second kappa shape index (κ2) is 6.94. The fourth-order valence-electron chi connectivity index (χ4n) is 1.26. The van der Waals surface area contributed by atoms with Crippen molar-refractivity contribution in [1.82, 2.24) is 0 Å². The van der Waals surface area contributed by atoms with Crippen LogP contribution in [0.2, 0.25) is 0 Å². The molecule has 0 aliphatic heterocycles. The van der Waals surface area contributed by atoms with Crippen molar-refractivity contribution in [2.24, 2.45) is 11.1 Å². The summed E-state index contributed by atoms with van der Waals surface area (Å²) in [5.41, 5.74) is 5.58. The number of carbonyl (C=O) groups is 1. The second-order valence-corrected chi connectivity index (χ2v) is 4.60. The fourth-order valence-corrected chi connectivity index (χ4v) is 1.26. The summed E-state index contributed by atoms with van der Waals surface area (Å²) in [7, 11) is 0. The van der Waals surface area contributed by atoms with Crippen LogP contribution in [-0.2, 0) is 4.79 Å². The number of hydrogen-bond donors (Lipinski definition) is 2. The van der Waals surface area contributed by atoms with Crippen molar-refractivity contribution in [2.45, 2.75) is 40.5 Å². The van der Waals surface area contributed by atoms with Crippen molar-refractivity contribution >= 4 is 5.91 Å². The molecular weight excluding hydrogens is 214 g/mol. The van der Waals surface area contributed by atoms with Crippen LogP contribution in [0, 0.1) is 5.41 Å². The van der Waals surface area contributed by atoms with Crippen molar-refractivity contribution in [3.05, 3.63) is 35.6 Å². The molecule has 3 nitrogen and oxygen atoms in total. The van der Waals surface area contributed by atoms with E-state index in [1.807, 2.05) is 12.2 Å². The number of aliphatic hydroxyl groups excluding tert-OH is 1. The van der Waals surface area contributed by atoms with Gasteiger partial charge in [0, 0.05) is 0 Å². The van der Waals surface area contributed by atoms with E-state index in [4.69, 9.17) is 10.8 Å². The van der Waals surface area contributed by atoms with E-state index in [9.17, 15) is 4.79 Å². The normalized spacial score (nSPS) is 14.4. The van der Waals surface area contributed by atoms with Crippen molar-refractivity contribution in [3.8, 4) is 0 Å². The molecule has 0 saturated heterocycles. The molecule has 0 aromatic carbocycles. The first kappa shape index (κ1) is 15.5. The van der Waals surface area contributed by atoms with Crippen LogP contribution in [-0.4, -0.2) is 11.0 Å². The van der Waals surface area contributed by atoms with Crippen molar-refractivity contribution in [3.63, 3.8) is 0 Å². The first-order chi connectivity index (χ1) is 7.82. The molecule has 0 atom stereocenters. The van der Waals surface area contributed by atoms with E-state index < -0.39 is 5.41 Å². The Morgan fingerprint density at radius 2 is 2.00 bits per heavy atom. The number of nitrogens with two attached hydrogens (primary N) is 1. The standard InChI is InChI=1S/C14H23NO2/c1-5-6-9-12(10-7-8-11(2)16)14(3,4)13(15)17/h7-10,16H,5-6H2,1-4H3,(H2,15,17)/b10-7-,11-8+,12-9-. The summed E-state index contributed by atoms with van der Waals surface area (Å²) in [5, 5.41) is 9.05. The number of aliphatic hydroxyl groups is 1. The number of carbonyl (C=O) groups excluding carboxylic acids is 1. The Hall–Kier alpha value is -1.51. The molecule has 0 fully saturated rings. The predicted octanol–water partition coefficient (Wildman–Crippen LogP) is 3.24. The highest BCUT2D eigenvalue weighted by Gasteiger charge is 2.27. The topological polar surface area (TPSA) is 63.3 Å². The first-order valence-electron chi connectivity index (χ1n) is 5.86. The molecule has 0 saturated carbocycles. The highest BCUT2D eigenvalue weighted by Crippen LogP contribution is 2.27. The molecule has 3 N–H and O–H groups in total.